The van der Waals surface area contributed by atoms with Crippen LogP contribution in [0.4, 0.5) is 0 Å². The summed E-state index contributed by atoms with van der Waals surface area (Å²) in [6.07, 6.45) is 3.35. The van der Waals surface area contributed by atoms with E-state index in [1.165, 1.54) is 0 Å². The van der Waals surface area contributed by atoms with E-state index >= 15 is 0 Å². The Morgan fingerprint density at radius 3 is 2.87 bits per heavy atom. The van der Waals surface area contributed by atoms with Crippen molar-refractivity contribution in [2.24, 2.45) is 0 Å². The van der Waals surface area contributed by atoms with Crippen LogP contribution in [-0.2, 0) is 6.42 Å². The summed E-state index contributed by atoms with van der Waals surface area (Å²) in [6.45, 7) is 0.587. The molecule has 2 aromatic carbocycles. The molecule has 0 unspecified atom stereocenters. The minimum Gasteiger partial charge on any atom is -0.352 e. The molecular weight excluding hydrogens is 333 g/mol. The zero-order valence-corrected chi connectivity index (χ0v) is 13.8. The van der Waals surface area contributed by atoms with Gasteiger partial charge in [0.1, 0.15) is 0 Å². The van der Waals surface area contributed by atoms with Gasteiger partial charge in [-0.2, -0.15) is 5.10 Å². The number of aromatic nitrogens is 2. The lowest BCUT2D eigenvalue weighted by molar-refractivity contribution is 0.0954. The molecule has 3 rings (SSSR count). The fraction of sp³-hybridized carbons (Fsp3) is 0.176. The lowest BCUT2D eigenvalue weighted by atomic mass is 10.1. The van der Waals surface area contributed by atoms with E-state index in [9.17, 15) is 4.79 Å². The predicted octanol–water partition coefficient (Wildman–Crippen LogP) is 4.23. The van der Waals surface area contributed by atoms with E-state index in [-0.39, 0.29) is 5.91 Å². The molecule has 0 aliphatic heterocycles. The maximum absolute atomic E-state index is 12.3. The highest BCUT2D eigenvalue weighted by atomic mass is 35.5. The number of carbonyl (C=O) groups is 1. The molecule has 0 atom stereocenters. The Morgan fingerprint density at radius 2 is 2.04 bits per heavy atom. The Balaban J connectivity index is 1.55. The van der Waals surface area contributed by atoms with Gasteiger partial charge in [0.05, 0.1) is 27.3 Å². The van der Waals surface area contributed by atoms with Crippen LogP contribution in [0.25, 0.3) is 10.9 Å². The van der Waals surface area contributed by atoms with E-state index in [1.807, 2.05) is 24.3 Å². The molecule has 118 valence electrons. The first kappa shape index (κ1) is 15.8. The molecule has 0 aliphatic carbocycles. The van der Waals surface area contributed by atoms with Crippen LogP contribution < -0.4 is 5.32 Å². The van der Waals surface area contributed by atoms with Gasteiger partial charge < -0.3 is 5.32 Å². The van der Waals surface area contributed by atoms with Gasteiger partial charge in [0.2, 0.25) is 0 Å². The summed E-state index contributed by atoms with van der Waals surface area (Å²) in [4.78, 5) is 12.3. The number of carbonyl (C=O) groups excluding carboxylic acids is 1. The molecule has 1 amide bonds. The summed E-state index contributed by atoms with van der Waals surface area (Å²) in [7, 11) is 0. The number of para-hydroxylation sites is 1. The van der Waals surface area contributed by atoms with Crippen molar-refractivity contribution in [1.82, 2.24) is 15.5 Å². The van der Waals surface area contributed by atoms with E-state index in [0.29, 0.717) is 22.2 Å². The van der Waals surface area contributed by atoms with Crippen LogP contribution in [0.3, 0.4) is 0 Å². The van der Waals surface area contributed by atoms with Crippen molar-refractivity contribution in [3.05, 3.63) is 63.8 Å². The molecule has 2 N–H and O–H groups in total. The van der Waals surface area contributed by atoms with Crippen molar-refractivity contribution >= 4 is 40.0 Å². The van der Waals surface area contributed by atoms with E-state index in [0.717, 1.165) is 29.3 Å². The number of benzene rings is 2. The quantitative estimate of drug-likeness (QED) is 0.678. The Kier molecular flexibility index (Phi) is 4.84. The van der Waals surface area contributed by atoms with Crippen LogP contribution in [0.15, 0.2) is 42.6 Å². The lowest BCUT2D eigenvalue weighted by Crippen LogP contribution is -2.25. The standard InChI is InChI=1S/C17H15Cl2N3O/c18-14-7-6-11(9-15(14)19)3-2-8-20-17(23)13-5-1-4-12-10-21-22-16(12)13/h1,4-7,9-10H,2-3,8H2,(H,20,23)(H,21,22). The maximum atomic E-state index is 12.3. The van der Waals surface area contributed by atoms with Crippen LogP contribution in [0.2, 0.25) is 10.0 Å². The molecule has 4 nitrogen and oxygen atoms in total. The first-order valence-corrected chi connectivity index (χ1v) is 8.05. The van der Waals surface area contributed by atoms with E-state index in [2.05, 4.69) is 15.5 Å². The third-order valence-electron chi connectivity index (χ3n) is 3.63. The highest BCUT2D eigenvalue weighted by molar-refractivity contribution is 6.42. The number of amides is 1. The third-order valence-corrected chi connectivity index (χ3v) is 4.37. The molecule has 0 fully saturated rings. The number of aryl methyl sites for hydroxylation is 1. The van der Waals surface area contributed by atoms with E-state index < -0.39 is 0 Å². The van der Waals surface area contributed by atoms with Crippen molar-refractivity contribution in [3.8, 4) is 0 Å². The van der Waals surface area contributed by atoms with Gasteiger partial charge in [0, 0.05) is 11.9 Å². The van der Waals surface area contributed by atoms with Crippen molar-refractivity contribution in [2.75, 3.05) is 6.54 Å². The summed E-state index contributed by atoms with van der Waals surface area (Å²) < 4.78 is 0. The molecule has 6 heteroatoms. The molecule has 1 heterocycles. The number of aromatic amines is 1. The third kappa shape index (κ3) is 3.66. The fourth-order valence-electron chi connectivity index (χ4n) is 2.44. The molecular formula is C17H15Cl2N3O. The molecule has 0 saturated carbocycles. The highest BCUT2D eigenvalue weighted by Crippen LogP contribution is 2.23. The zero-order valence-electron chi connectivity index (χ0n) is 12.3. The zero-order chi connectivity index (χ0) is 16.2. The van der Waals surface area contributed by atoms with Crippen LogP contribution in [0.5, 0.6) is 0 Å². The second kappa shape index (κ2) is 7.02. The number of hydrogen-bond donors (Lipinski definition) is 2. The van der Waals surface area contributed by atoms with Gasteiger partial charge in [0.15, 0.2) is 0 Å². The lowest BCUT2D eigenvalue weighted by Gasteiger charge is -2.07. The molecule has 1 aromatic heterocycles. The van der Waals surface area contributed by atoms with Gasteiger partial charge >= 0.3 is 0 Å². The Hall–Kier alpha value is -2.04. The van der Waals surface area contributed by atoms with Gasteiger partial charge in [-0.1, -0.05) is 41.4 Å². The fourth-order valence-corrected chi connectivity index (χ4v) is 2.76. The van der Waals surface area contributed by atoms with Crippen LogP contribution in [0.1, 0.15) is 22.3 Å². The first-order valence-electron chi connectivity index (χ1n) is 7.29. The van der Waals surface area contributed by atoms with E-state index in [4.69, 9.17) is 23.2 Å². The van der Waals surface area contributed by atoms with Crippen molar-refractivity contribution in [2.45, 2.75) is 12.8 Å². The second-order valence-corrected chi connectivity index (χ2v) is 6.06. The number of nitrogens with zero attached hydrogens (tertiary/aromatic N) is 1. The summed E-state index contributed by atoms with van der Waals surface area (Å²) in [5, 5.41) is 11.8. The second-order valence-electron chi connectivity index (χ2n) is 5.25. The molecule has 0 spiro atoms. The number of hydrogen-bond acceptors (Lipinski definition) is 2. The molecule has 0 bridgehead atoms. The van der Waals surface area contributed by atoms with Crippen molar-refractivity contribution < 1.29 is 4.79 Å². The summed E-state index contributed by atoms with van der Waals surface area (Å²) in [5.41, 5.74) is 2.47. The van der Waals surface area contributed by atoms with Crippen LogP contribution in [0, 0.1) is 0 Å². The number of rotatable bonds is 5. The molecule has 3 aromatic rings. The summed E-state index contributed by atoms with van der Waals surface area (Å²) in [5.74, 6) is -0.103. The van der Waals surface area contributed by atoms with Crippen LogP contribution in [-0.4, -0.2) is 22.6 Å². The molecule has 0 radical (unpaired) electrons. The van der Waals surface area contributed by atoms with Crippen LogP contribution >= 0.6 is 23.2 Å². The summed E-state index contributed by atoms with van der Waals surface area (Å²) in [6, 6.07) is 11.1. The Morgan fingerprint density at radius 1 is 1.17 bits per heavy atom. The summed E-state index contributed by atoms with van der Waals surface area (Å²) >= 11 is 11.9. The van der Waals surface area contributed by atoms with Gasteiger partial charge in [0.25, 0.3) is 5.91 Å². The normalized spacial score (nSPS) is 10.9. The smallest absolute Gasteiger partial charge is 0.253 e. The largest absolute Gasteiger partial charge is 0.352 e. The average Bonchev–Trinajstić information content (AvgIpc) is 3.03. The Labute approximate surface area is 143 Å². The monoisotopic (exact) mass is 347 g/mol. The number of halogens is 2. The van der Waals surface area contributed by atoms with Gasteiger partial charge in [-0.05, 0) is 36.6 Å². The molecule has 0 saturated heterocycles. The SMILES string of the molecule is O=C(NCCCc1ccc(Cl)c(Cl)c1)c1cccc2cn[nH]c12. The topological polar surface area (TPSA) is 57.8 Å². The minimum absolute atomic E-state index is 0.103. The van der Waals surface area contributed by atoms with Crippen molar-refractivity contribution in [3.63, 3.8) is 0 Å². The number of nitrogens with one attached hydrogen (secondary N) is 2. The minimum atomic E-state index is -0.103. The maximum Gasteiger partial charge on any atom is 0.253 e. The number of H-pyrrole nitrogens is 1. The van der Waals surface area contributed by atoms with E-state index in [1.54, 1.807) is 18.3 Å². The molecule has 0 aliphatic rings. The number of fused-ring (bicyclic) bond motifs is 1. The predicted molar refractivity (Wildman–Crippen MR) is 93.2 cm³/mol. The van der Waals surface area contributed by atoms with Crippen molar-refractivity contribution in [1.29, 1.82) is 0 Å². The Bertz CT molecular complexity index is 845. The first-order chi connectivity index (χ1) is 11.1. The average molecular weight is 348 g/mol. The van der Waals surface area contributed by atoms with Gasteiger partial charge in [-0.3, -0.25) is 9.89 Å². The molecule has 23 heavy (non-hydrogen) atoms. The highest BCUT2D eigenvalue weighted by Gasteiger charge is 2.10. The van der Waals surface area contributed by atoms with Gasteiger partial charge in [-0.15, -0.1) is 0 Å². The van der Waals surface area contributed by atoms with Gasteiger partial charge in [-0.25, -0.2) is 0 Å².